The van der Waals surface area contributed by atoms with Crippen LogP contribution < -0.4 is 0 Å². The first-order chi connectivity index (χ1) is 15.2. The van der Waals surface area contributed by atoms with Crippen LogP contribution in [0.4, 0.5) is 0 Å². The van der Waals surface area contributed by atoms with Crippen molar-refractivity contribution in [2.75, 3.05) is 13.1 Å². The van der Waals surface area contributed by atoms with Crippen LogP contribution in [0.1, 0.15) is 28.2 Å². The molecule has 4 rings (SSSR count). The van der Waals surface area contributed by atoms with E-state index in [-0.39, 0.29) is 17.7 Å². The van der Waals surface area contributed by atoms with Gasteiger partial charge in [0.15, 0.2) is 0 Å². The number of rotatable bonds is 7. The van der Waals surface area contributed by atoms with Crippen LogP contribution in [0, 0.1) is 5.92 Å². The molecular weight excluding hydrogens is 424 g/mol. The van der Waals surface area contributed by atoms with E-state index in [0.717, 1.165) is 18.4 Å². The van der Waals surface area contributed by atoms with Crippen LogP contribution in [0.2, 0.25) is 0 Å². The monoisotopic (exact) mass is 450 g/mol. The summed E-state index contributed by atoms with van der Waals surface area (Å²) < 4.78 is 0. The van der Waals surface area contributed by atoms with Gasteiger partial charge in [0.25, 0.3) is 0 Å². The summed E-state index contributed by atoms with van der Waals surface area (Å²) in [5, 5.41) is 4.10. The topological polar surface area (TPSA) is 40.6 Å². The Bertz CT molecular complexity index is 953. The van der Waals surface area contributed by atoms with Crippen molar-refractivity contribution < 1.29 is 9.59 Å². The van der Waals surface area contributed by atoms with Crippen molar-refractivity contribution >= 4 is 40.6 Å². The smallest absolute Gasteiger partial charge is 0.246 e. The summed E-state index contributed by atoms with van der Waals surface area (Å²) in [5.74, 6) is 0.194. The summed E-state index contributed by atoms with van der Waals surface area (Å²) in [5.41, 5.74) is 1.01. The predicted molar refractivity (Wildman–Crippen MR) is 128 cm³/mol. The largest absolute Gasteiger partial charge is 0.339 e. The Balaban J connectivity index is 1.35. The minimum Gasteiger partial charge on any atom is -0.339 e. The molecule has 1 aliphatic rings. The van der Waals surface area contributed by atoms with Gasteiger partial charge in [-0.05, 0) is 47.4 Å². The number of piperidine rings is 1. The zero-order valence-corrected chi connectivity index (χ0v) is 19.0. The normalized spacial score (nSPS) is 14.8. The second-order valence-electron chi connectivity index (χ2n) is 7.70. The lowest BCUT2D eigenvalue weighted by Gasteiger charge is -2.33. The van der Waals surface area contributed by atoms with E-state index in [4.69, 9.17) is 0 Å². The van der Waals surface area contributed by atoms with Gasteiger partial charge < -0.3 is 9.80 Å². The maximum Gasteiger partial charge on any atom is 0.246 e. The molecule has 0 N–H and O–H groups in total. The molecule has 1 fully saturated rings. The van der Waals surface area contributed by atoms with Crippen LogP contribution in [-0.2, 0) is 22.7 Å². The molecule has 0 radical (unpaired) electrons. The Morgan fingerprint density at radius 2 is 1.52 bits per heavy atom. The van der Waals surface area contributed by atoms with Crippen LogP contribution in [-0.4, -0.2) is 34.7 Å². The van der Waals surface area contributed by atoms with E-state index >= 15 is 0 Å². The minimum absolute atomic E-state index is 0.0174. The van der Waals surface area contributed by atoms with Crippen molar-refractivity contribution in [1.82, 2.24) is 9.80 Å². The molecule has 0 saturated carbocycles. The van der Waals surface area contributed by atoms with Crippen molar-refractivity contribution in [2.24, 2.45) is 5.92 Å². The van der Waals surface area contributed by atoms with Gasteiger partial charge in [-0.25, -0.2) is 0 Å². The number of carbonyl (C=O) groups is 2. The SMILES string of the molecule is O=C(/C=C/c1ccccc1)N1CCC(C(=O)N(Cc2cccs2)Cc2cccs2)CC1. The highest BCUT2D eigenvalue weighted by molar-refractivity contribution is 7.10. The van der Waals surface area contributed by atoms with Crippen molar-refractivity contribution in [2.45, 2.75) is 25.9 Å². The number of nitrogens with zero attached hydrogens (tertiary/aromatic N) is 2. The standard InChI is InChI=1S/C25H26N2O2S2/c28-24(11-10-20-6-2-1-3-7-20)26-14-12-21(13-15-26)25(29)27(18-22-8-4-16-30-22)19-23-9-5-17-31-23/h1-11,16-17,21H,12-15,18-19H2/b11-10+. The number of likely N-dealkylation sites (tertiary alicyclic amines) is 1. The van der Waals surface area contributed by atoms with Crippen LogP contribution in [0.25, 0.3) is 6.08 Å². The average molecular weight is 451 g/mol. The molecule has 1 aliphatic heterocycles. The maximum atomic E-state index is 13.4. The number of thiophene rings is 2. The minimum atomic E-state index is -0.0259. The van der Waals surface area contributed by atoms with E-state index < -0.39 is 0 Å². The van der Waals surface area contributed by atoms with Gasteiger partial charge in [-0.1, -0.05) is 42.5 Å². The summed E-state index contributed by atoms with van der Waals surface area (Å²) in [7, 11) is 0. The molecule has 0 bridgehead atoms. The molecule has 2 aromatic heterocycles. The summed E-state index contributed by atoms with van der Waals surface area (Å²) in [4.78, 5) is 32.1. The number of amides is 2. The van der Waals surface area contributed by atoms with Gasteiger partial charge >= 0.3 is 0 Å². The van der Waals surface area contributed by atoms with Gasteiger partial charge in [-0.3, -0.25) is 9.59 Å². The Kier molecular flexibility index (Phi) is 7.33. The molecule has 3 aromatic rings. The van der Waals surface area contributed by atoms with Crippen molar-refractivity contribution in [3.8, 4) is 0 Å². The Hall–Kier alpha value is -2.70. The second kappa shape index (κ2) is 10.6. The van der Waals surface area contributed by atoms with Crippen molar-refractivity contribution in [3.63, 3.8) is 0 Å². The molecule has 160 valence electrons. The van der Waals surface area contributed by atoms with E-state index in [1.807, 2.05) is 58.3 Å². The molecule has 2 amide bonds. The third kappa shape index (κ3) is 5.93. The van der Waals surface area contributed by atoms with E-state index in [9.17, 15) is 9.59 Å². The van der Waals surface area contributed by atoms with E-state index in [1.165, 1.54) is 9.75 Å². The van der Waals surface area contributed by atoms with E-state index in [0.29, 0.717) is 26.2 Å². The zero-order chi connectivity index (χ0) is 21.5. The zero-order valence-electron chi connectivity index (χ0n) is 17.4. The highest BCUT2D eigenvalue weighted by Gasteiger charge is 2.30. The fraction of sp³-hybridized carbons (Fsp3) is 0.280. The van der Waals surface area contributed by atoms with Crippen molar-refractivity contribution in [1.29, 1.82) is 0 Å². The number of hydrogen-bond acceptors (Lipinski definition) is 4. The molecule has 1 aromatic carbocycles. The van der Waals surface area contributed by atoms with E-state index in [1.54, 1.807) is 28.7 Å². The average Bonchev–Trinajstić information content (AvgIpc) is 3.52. The van der Waals surface area contributed by atoms with Gasteiger partial charge in [0.05, 0.1) is 13.1 Å². The van der Waals surface area contributed by atoms with Crippen LogP contribution in [0.5, 0.6) is 0 Å². The predicted octanol–water partition coefficient (Wildman–Crippen LogP) is 5.29. The highest BCUT2D eigenvalue weighted by atomic mass is 32.1. The molecule has 0 unspecified atom stereocenters. The fourth-order valence-electron chi connectivity index (χ4n) is 3.84. The van der Waals surface area contributed by atoms with Gasteiger partial charge in [0.2, 0.25) is 11.8 Å². The lowest BCUT2D eigenvalue weighted by Crippen LogP contribution is -2.43. The lowest BCUT2D eigenvalue weighted by molar-refractivity contribution is -0.140. The Morgan fingerprint density at radius 3 is 2.06 bits per heavy atom. The number of benzene rings is 1. The molecule has 31 heavy (non-hydrogen) atoms. The molecule has 0 aliphatic carbocycles. The fourth-order valence-corrected chi connectivity index (χ4v) is 5.27. The Labute approximate surface area is 191 Å². The van der Waals surface area contributed by atoms with E-state index in [2.05, 4.69) is 22.9 Å². The highest BCUT2D eigenvalue weighted by Crippen LogP contribution is 2.24. The van der Waals surface area contributed by atoms with Crippen LogP contribution in [0.15, 0.2) is 71.4 Å². The first-order valence-corrected chi connectivity index (χ1v) is 12.3. The summed E-state index contributed by atoms with van der Waals surface area (Å²) in [6, 6.07) is 18.1. The maximum absolute atomic E-state index is 13.4. The quantitative estimate of drug-likeness (QED) is 0.459. The summed E-state index contributed by atoms with van der Waals surface area (Å²) in [6.07, 6.45) is 4.92. The number of carbonyl (C=O) groups excluding carboxylic acids is 2. The molecule has 0 atom stereocenters. The summed E-state index contributed by atoms with van der Waals surface area (Å²) in [6.45, 7) is 2.54. The van der Waals surface area contributed by atoms with Crippen LogP contribution >= 0.6 is 22.7 Å². The third-order valence-corrected chi connectivity index (χ3v) is 7.26. The van der Waals surface area contributed by atoms with Crippen molar-refractivity contribution in [3.05, 3.63) is 86.8 Å². The first-order valence-electron chi connectivity index (χ1n) is 10.5. The number of hydrogen-bond donors (Lipinski definition) is 0. The van der Waals surface area contributed by atoms with Gasteiger partial charge in [0.1, 0.15) is 0 Å². The second-order valence-corrected chi connectivity index (χ2v) is 9.76. The molecule has 1 saturated heterocycles. The van der Waals surface area contributed by atoms with Gasteiger partial charge in [0, 0.05) is 34.8 Å². The van der Waals surface area contributed by atoms with Gasteiger partial charge in [-0.15, -0.1) is 22.7 Å². The van der Waals surface area contributed by atoms with Gasteiger partial charge in [-0.2, -0.15) is 0 Å². The molecule has 0 spiro atoms. The third-order valence-electron chi connectivity index (χ3n) is 5.54. The molecule has 6 heteroatoms. The lowest BCUT2D eigenvalue weighted by atomic mass is 9.95. The van der Waals surface area contributed by atoms with Crippen LogP contribution in [0.3, 0.4) is 0 Å². The first kappa shape index (κ1) is 21.5. The summed E-state index contributed by atoms with van der Waals surface area (Å²) >= 11 is 3.37. The Morgan fingerprint density at radius 1 is 0.903 bits per heavy atom. The molecule has 4 nitrogen and oxygen atoms in total. The molecule has 3 heterocycles. The molecular formula is C25H26N2O2S2.